The molecule has 0 bridgehead atoms. The van der Waals surface area contributed by atoms with Gasteiger partial charge in [0.25, 0.3) is 5.91 Å². The summed E-state index contributed by atoms with van der Waals surface area (Å²) in [6, 6.07) is 17.1. The van der Waals surface area contributed by atoms with Crippen molar-refractivity contribution in [3.63, 3.8) is 0 Å². The summed E-state index contributed by atoms with van der Waals surface area (Å²) in [6.45, 7) is 2.45. The van der Waals surface area contributed by atoms with Crippen LogP contribution in [0.1, 0.15) is 39.0 Å². The number of hydrogen-bond acceptors (Lipinski definition) is 7. The van der Waals surface area contributed by atoms with Gasteiger partial charge in [0, 0.05) is 18.1 Å². The molecule has 3 aromatic carbocycles. The minimum Gasteiger partial charge on any atom is -0.487 e. The van der Waals surface area contributed by atoms with Crippen molar-refractivity contribution >= 4 is 28.5 Å². The summed E-state index contributed by atoms with van der Waals surface area (Å²) in [5, 5.41) is 2.99. The fraction of sp³-hybridized carbons (Fsp3) is 0.207. The van der Waals surface area contributed by atoms with Gasteiger partial charge >= 0.3 is 5.97 Å². The lowest BCUT2D eigenvalue weighted by Crippen LogP contribution is -2.20. The number of para-hydroxylation sites is 1. The number of amides is 1. The molecule has 1 unspecified atom stereocenters. The molecule has 1 aromatic heterocycles. The third-order valence-electron chi connectivity index (χ3n) is 6.03. The summed E-state index contributed by atoms with van der Waals surface area (Å²) in [5.74, 6) is -1.04. The first-order valence-electron chi connectivity index (χ1n) is 12.1. The van der Waals surface area contributed by atoms with Crippen LogP contribution in [0.3, 0.4) is 0 Å². The Balaban J connectivity index is 1.27. The number of hydrogen-bond donors (Lipinski definition) is 1. The van der Waals surface area contributed by atoms with Crippen LogP contribution >= 0.6 is 0 Å². The van der Waals surface area contributed by atoms with Crippen LogP contribution in [-0.2, 0) is 22.5 Å². The standard InChI is InChI=1S/C29H24FNO7/c1-2-36-29(34)26-14-24(32)22-4-3-5-23(27(22)38-26)31-28(33)18-8-11-25-19(12-18)13-21(37-25)16-35-15-17-6-9-20(30)10-7-17/h3-12,14,21H,2,13,15-16H2,1H3,(H,31,33). The van der Waals surface area contributed by atoms with E-state index in [1.54, 1.807) is 55.5 Å². The smallest absolute Gasteiger partial charge is 0.374 e. The largest absolute Gasteiger partial charge is 0.487 e. The van der Waals surface area contributed by atoms with Gasteiger partial charge in [-0.2, -0.15) is 0 Å². The summed E-state index contributed by atoms with van der Waals surface area (Å²) in [5.41, 5.74) is 2.02. The zero-order valence-electron chi connectivity index (χ0n) is 20.5. The fourth-order valence-corrected chi connectivity index (χ4v) is 4.22. The average molecular weight is 518 g/mol. The molecule has 1 aliphatic heterocycles. The highest BCUT2D eigenvalue weighted by atomic mass is 19.1. The predicted molar refractivity (Wildman–Crippen MR) is 137 cm³/mol. The van der Waals surface area contributed by atoms with Crippen molar-refractivity contribution in [1.29, 1.82) is 0 Å². The van der Waals surface area contributed by atoms with Crippen molar-refractivity contribution in [1.82, 2.24) is 0 Å². The summed E-state index contributed by atoms with van der Waals surface area (Å²) in [7, 11) is 0. The molecule has 38 heavy (non-hydrogen) atoms. The van der Waals surface area contributed by atoms with E-state index in [9.17, 15) is 18.8 Å². The highest BCUT2D eigenvalue weighted by Gasteiger charge is 2.25. The molecule has 1 aliphatic rings. The maximum absolute atomic E-state index is 13.1. The SMILES string of the molecule is CCOC(=O)c1cc(=O)c2cccc(NC(=O)c3ccc4c(c3)CC(COCc3ccc(F)cc3)O4)c2o1. The number of ether oxygens (including phenoxy) is 3. The van der Waals surface area contributed by atoms with Crippen LogP contribution in [0.5, 0.6) is 5.75 Å². The minimum atomic E-state index is -0.762. The van der Waals surface area contributed by atoms with Gasteiger partial charge in [0.05, 0.1) is 30.9 Å². The highest BCUT2D eigenvalue weighted by molar-refractivity contribution is 6.08. The van der Waals surface area contributed by atoms with Crippen molar-refractivity contribution in [3.8, 4) is 5.75 Å². The summed E-state index contributed by atoms with van der Waals surface area (Å²) < 4.78 is 35.3. The van der Waals surface area contributed by atoms with E-state index in [2.05, 4.69) is 5.32 Å². The molecule has 9 heteroatoms. The second-order valence-corrected chi connectivity index (χ2v) is 8.74. The quantitative estimate of drug-likeness (QED) is 0.332. The van der Waals surface area contributed by atoms with E-state index >= 15 is 0 Å². The lowest BCUT2D eigenvalue weighted by atomic mass is 10.1. The molecule has 0 aliphatic carbocycles. The number of benzene rings is 3. The number of nitrogens with one attached hydrogen (secondary N) is 1. The van der Waals surface area contributed by atoms with E-state index in [0.717, 1.165) is 17.2 Å². The number of esters is 1. The molecule has 4 aromatic rings. The highest BCUT2D eigenvalue weighted by Crippen LogP contribution is 2.31. The molecule has 194 valence electrons. The zero-order chi connectivity index (χ0) is 26.6. The van der Waals surface area contributed by atoms with Gasteiger partial charge in [-0.1, -0.05) is 18.2 Å². The van der Waals surface area contributed by atoms with E-state index < -0.39 is 17.3 Å². The van der Waals surface area contributed by atoms with Crippen LogP contribution in [0, 0.1) is 5.82 Å². The first kappa shape index (κ1) is 25.2. The van der Waals surface area contributed by atoms with Gasteiger partial charge in [0.1, 0.15) is 17.7 Å². The van der Waals surface area contributed by atoms with Gasteiger partial charge in [-0.3, -0.25) is 9.59 Å². The molecule has 0 saturated carbocycles. The first-order valence-corrected chi connectivity index (χ1v) is 12.1. The van der Waals surface area contributed by atoms with Crippen molar-refractivity contribution in [3.05, 3.63) is 105 Å². The normalized spacial score (nSPS) is 14.1. The molecular weight excluding hydrogens is 493 g/mol. The van der Waals surface area contributed by atoms with Crippen LogP contribution in [0.4, 0.5) is 10.1 Å². The lowest BCUT2D eigenvalue weighted by molar-refractivity contribution is 0.0490. The van der Waals surface area contributed by atoms with E-state index in [1.165, 1.54) is 12.1 Å². The molecule has 8 nitrogen and oxygen atoms in total. The van der Waals surface area contributed by atoms with Crippen LogP contribution < -0.4 is 15.5 Å². The van der Waals surface area contributed by atoms with Crippen LogP contribution in [0.2, 0.25) is 0 Å². The average Bonchev–Trinajstić information content (AvgIpc) is 3.32. The van der Waals surface area contributed by atoms with Gasteiger partial charge in [-0.25, -0.2) is 9.18 Å². The van der Waals surface area contributed by atoms with E-state index in [1.807, 2.05) is 0 Å². The third-order valence-corrected chi connectivity index (χ3v) is 6.03. The molecule has 0 radical (unpaired) electrons. The van der Waals surface area contributed by atoms with Crippen molar-refractivity contribution in [2.75, 3.05) is 18.5 Å². The zero-order valence-corrected chi connectivity index (χ0v) is 20.5. The number of anilines is 1. The van der Waals surface area contributed by atoms with Gasteiger partial charge in [0.15, 0.2) is 11.0 Å². The maximum atomic E-state index is 13.1. The second kappa shape index (κ2) is 10.9. The van der Waals surface area contributed by atoms with E-state index in [4.69, 9.17) is 18.6 Å². The summed E-state index contributed by atoms with van der Waals surface area (Å²) >= 11 is 0. The topological polar surface area (TPSA) is 104 Å². The van der Waals surface area contributed by atoms with Crippen molar-refractivity contribution < 1.29 is 32.6 Å². The van der Waals surface area contributed by atoms with Gasteiger partial charge in [-0.15, -0.1) is 0 Å². The Morgan fingerprint density at radius 1 is 1.08 bits per heavy atom. The third kappa shape index (κ3) is 5.42. The Bertz CT molecular complexity index is 1560. The molecule has 5 rings (SSSR count). The minimum absolute atomic E-state index is 0.0827. The number of carbonyl (C=O) groups excluding carboxylic acids is 2. The lowest BCUT2D eigenvalue weighted by Gasteiger charge is -2.11. The van der Waals surface area contributed by atoms with Crippen LogP contribution in [0.25, 0.3) is 11.0 Å². The maximum Gasteiger partial charge on any atom is 0.374 e. The number of halogens is 1. The molecule has 1 N–H and O–H groups in total. The Morgan fingerprint density at radius 2 is 1.89 bits per heavy atom. The van der Waals surface area contributed by atoms with Crippen LogP contribution in [0.15, 0.2) is 75.9 Å². The Kier molecular flexibility index (Phi) is 7.19. The number of fused-ring (bicyclic) bond motifs is 2. The Labute approximate surface area is 216 Å². The van der Waals surface area contributed by atoms with E-state index in [0.29, 0.717) is 30.9 Å². The van der Waals surface area contributed by atoms with Gasteiger partial charge in [-0.05, 0) is 60.5 Å². The Morgan fingerprint density at radius 3 is 2.68 bits per heavy atom. The van der Waals surface area contributed by atoms with E-state index in [-0.39, 0.29) is 40.9 Å². The predicted octanol–water partition coefficient (Wildman–Crippen LogP) is 4.88. The molecule has 2 heterocycles. The molecule has 0 spiro atoms. The molecule has 1 amide bonds. The Hall–Kier alpha value is -4.50. The molecular formula is C29H24FNO7. The molecule has 1 atom stereocenters. The summed E-state index contributed by atoms with van der Waals surface area (Å²) in [4.78, 5) is 37.7. The molecule has 0 saturated heterocycles. The van der Waals surface area contributed by atoms with Crippen molar-refractivity contribution in [2.24, 2.45) is 0 Å². The van der Waals surface area contributed by atoms with Gasteiger partial charge < -0.3 is 23.9 Å². The fourth-order valence-electron chi connectivity index (χ4n) is 4.22. The second-order valence-electron chi connectivity index (χ2n) is 8.74. The van der Waals surface area contributed by atoms with Gasteiger partial charge in [0.2, 0.25) is 5.76 Å². The monoisotopic (exact) mass is 517 g/mol. The van der Waals surface area contributed by atoms with Crippen molar-refractivity contribution in [2.45, 2.75) is 26.1 Å². The summed E-state index contributed by atoms with van der Waals surface area (Å²) in [6.07, 6.45) is 0.351. The number of rotatable bonds is 8. The van der Waals surface area contributed by atoms with Crippen LogP contribution in [-0.4, -0.2) is 31.2 Å². The molecule has 0 fully saturated rings. The first-order chi connectivity index (χ1) is 18.4. The number of carbonyl (C=O) groups is 2.